The fourth-order valence-corrected chi connectivity index (χ4v) is 3.15. The standard InChI is InChI=1S/C15H12Cl2F2N2O3S/c1-25(23,24)21(10-3-5-14(19)12(17)7-10)8-15(22)20-9-2-4-13(18)11(16)6-9/h2-7H,8H2,1H3,(H,20,22). The van der Waals surface area contributed by atoms with Crippen LogP contribution in [-0.2, 0) is 14.8 Å². The number of hydrogen-bond donors (Lipinski definition) is 1. The molecule has 0 saturated carbocycles. The highest BCUT2D eigenvalue weighted by atomic mass is 35.5. The van der Waals surface area contributed by atoms with Gasteiger partial charge in [-0.15, -0.1) is 0 Å². The highest BCUT2D eigenvalue weighted by Crippen LogP contribution is 2.25. The van der Waals surface area contributed by atoms with E-state index in [1.54, 1.807) is 0 Å². The van der Waals surface area contributed by atoms with Gasteiger partial charge in [0.2, 0.25) is 15.9 Å². The molecule has 0 atom stereocenters. The predicted molar refractivity (Wildman–Crippen MR) is 93.6 cm³/mol. The molecule has 134 valence electrons. The van der Waals surface area contributed by atoms with Gasteiger partial charge in [-0.05, 0) is 36.4 Å². The van der Waals surface area contributed by atoms with Crippen molar-refractivity contribution in [2.45, 2.75) is 0 Å². The van der Waals surface area contributed by atoms with Crippen LogP contribution in [0.5, 0.6) is 0 Å². The Morgan fingerprint density at radius 2 is 1.64 bits per heavy atom. The van der Waals surface area contributed by atoms with E-state index in [2.05, 4.69) is 5.32 Å². The summed E-state index contributed by atoms with van der Waals surface area (Å²) in [6, 6.07) is 6.80. The summed E-state index contributed by atoms with van der Waals surface area (Å²) in [6.07, 6.45) is 0.895. The van der Waals surface area contributed by atoms with Crippen LogP contribution < -0.4 is 9.62 Å². The van der Waals surface area contributed by atoms with E-state index in [4.69, 9.17) is 23.2 Å². The largest absolute Gasteiger partial charge is 0.324 e. The van der Waals surface area contributed by atoms with Crippen LogP contribution in [0.25, 0.3) is 0 Å². The number of sulfonamides is 1. The summed E-state index contributed by atoms with van der Waals surface area (Å²) >= 11 is 11.3. The minimum Gasteiger partial charge on any atom is -0.324 e. The maximum atomic E-state index is 13.3. The van der Waals surface area contributed by atoms with Gasteiger partial charge in [-0.2, -0.15) is 0 Å². The highest BCUT2D eigenvalue weighted by Gasteiger charge is 2.22. The number of carbonyl (C=O) groups excluding carboxylic acids is 1. The second kappa shape index (κ2) is 7.55. The molecule has 0 bridgehead atoms. The van der Waals surface area contributed by atoms with Crippen molar-refractivity contribution < 1.29 is 22.0 Å². The first-order valence-electron chi connectivity index (χ1n) is 6.75. The molecule has 0 heterocycles. The lowest BCUT2D eigenvalue weighted by Crippen LogP contribution is -2.37. The van der Waals surface area contributed by atoms with Crippen molar-refractivity contribution in [3.63, 3.8) is 0 Å². The smallest absolute Gasteiger partial charge is 0.245 e. The molecule has 25 heavy (non-hydrogen) atoms. The van der Waals surface area contributed by atoms with Gasteiger partial charge in [0, 0.05) is 5.69 Å². The Kier molecular flexibility index (Phi) is 5.87. The third-order valence-electron chi connectivity index (χ3n) is 3.08. The number of rotatable bonds is 5. The van der Waals surface area contributed by atoms with Crippen LogP contribution in [0.3, 0.4) is 0 Å². The Hall–Kier alpha value is -1.90. The number of halogens is 4. The summed E-state index contributed by atoms with van der Waals surface area (Å²) < 4.78 is 51.0. The molecule has 2 rings (SSSR count). The molecule has 0 aliphatic heterocycles. The first kappa shape index (κ1) is 19.4. The molecule has 0 aliphatic rings. The van der Waals surface area contributed by atoms with Gasteiger partial charge in [-0.1, -0.05) is 23.2 Å². The molecule has 0 unspecified atom stereocenters. The van der Waals surface area contributed by atoms with E-state index in [-0.39, 0.29) is 21.4 Å². The molecule has 1 N–H and O–H groups in total. The van der Waals surface area contributed by atoms with E-state index in [1.807, 2.05) is 0 Å². The van der Waals surface area contributed by atoms with Gasteiger partial charge in [0.05, 0.1) is 22.0 Å². The third kappa shape index (κ3) is 5.04. The normalized spacial score (nSPS) is 11.2. The second-order valence-corrected chi connectivity index (χ2v) is 7.77. The molecule has 0 saturated heterocycles. The summed E-state index contributed by atoms with van der Waals surface area (Å²) in [5.41, 5.74) is 0.225. The fraction of sp³-hybridized carbons (Fsp3) is 0.133. The van der Waals surface area contributed by atoms with E-state index in [0.717, 1.165) is 28.8 Å². The molecule has 2 aromatic carbocycles. The molecule has 10 heteroatoms. The zero-order valence-electron chi connectivity index (χ0n) is 12.8. The summed E-state index contributed by atoms with van der Waals surface area (Å²) in [7, 11) is -3.84. The Labute approximate surface area is 153 Å². The monoisotopic (exact) mass is 408 g/mol. The van der Waals surface area contributed by atoms with E-state index in [9.17, 15) is 22.0 Å². The Morgan fingerprint density at radius 3 is 2.16 bits per heavy atom. The number of hydrogen-bond acceptors (Lipinski definition) is 3. The Balaban J connectivity index is 2.23. The molecule has 0 fully saturated rings. The van der Waals surface area contributed by atoms with Crippen molar-refractivity contribution >= 4 is 50.5 Å². The fourth-order valence-electron chi connectivity index (χ4n) is 1.95. The number of anilines is 2. The van der Waals surface area contributed by atoms with E-state index < -0.39 is 34.1 Å². The summed E-state index contributed by atoms with van der Waals surface area (Å²) in [5.74, 6) is -2.07. The lowest BCUT2D eigenvalue weighted by atomic mass is 10.3. The predicted octanol–water partition coefficient (Wildman–Crippen LogP) is 3.68. The van der Waals surface area contributed by atoms with Crippen LogP contribution in [0.15, 0.2) is 36.4 Å². The molecule has 0 aromatic heterocycles. The van der Waals surface area contributed by atoms with Gasteiger partial charge in [0.15, 0.2) is 0 Å². The first-order chi connectivity index (χ1) is 11.6. The number of nitrogens with zero attached hydrogens (tertiary/aromatic N) is 1. The van der Waals surface area contributed by atoms with Gasteiger partial charge < -0.3 is 5.32 Å². The molecule has 0 spiro atoms. The third-order valence-corrected chi connectivity index (χ3v) is 4.80. The summed E-state index contributed by atoms with van der Waals surface area (Å²) in [5, 5.41) is 1.93. The topological polar surface area (TPSA) is 66.5 Å². The van der Waals surface area contributed by atoms with E-state index >= 15 is 0 Å². The lowest BCUT2D eigenvalue weighted by Gasteiger charge is -2.22. The van der Waals surface area contributed by atoms with Crippen LogP contribution in [0.1, 0.15) is 0 Å². The van der Waals surface area contributed by atoms with Crippen LogP contribution in [-0.4, -0.2) is 27.1 Å². The van der Waals surface area contributed by atoms with Crippen molar-refractivity contribution in [2.24, 2.45) is 0 Å². The maximum absolute atomic E-state index is 13.3. The van der Waals surface area contributed by atoms with Crippen molar-refractivity contribution in [2.75, 3.05) is 22.4 Å². The molecule has 0 radical (unpaired) electrons. The Bertz CT molecular complexity index is 923. The number of carbonyl (C=O) groups is 1. The SMILES string of the molecule is CS(=O)(=O)N(CC(=O)Nc1ccc(F)c(Cl)c1)c1ccc(F)c(Cl)c1. The highest BCUT2D eigenvalue weighted by molar-refractivity contribution is 7.92. The van der Waals surface area contributed by atoms with E-state index in [0.29, 0.717) is 0 Å². The van der Waals surface area contributed by atoms with Crippen LogP contribution in [0.2, 0.25) is 10.0 Å². The average molecular weight is 409 g/mol. The minimum atomic E-state index is -3.84. The summed E-state index contributed by atoms with van der Waals surface area (Å²) in [6.45, 7) is -0.588. The molecular weight excluding hydrogens is 397 g/mol. The van der Waals surface area contributed by atoms with Gasteiger partial charge >= 0.3 is 0 Å². The maximum Gasteiger partial charge on any atom is 0.245 e. The number of amides is 1. The zero-order chi connectivity index (χ0) is 18.8. The summed E-state index contributed by atoms with van der Waals surface area (Å²) in [4.78, 5) is 12.1. The van der Waals surface area contributed by atoms with E-state index in [1.165, 1.54) is 18.2 Å². The molecule has 2 aromatic rings. The zero-order valence-corrected chi connectivity index (χ0v) is 15.1. The van der Waals surface area contributed by atoms with Crippen LogP contribution in [0, 0.1) is 11.6 Å². The number of benzene rings is 2. The van der Waals surface area contributed by atoms with Gasteiger partial charge in [-0.25, -0.2) is 17.2 Å². The molecular formula is C15H12Cl2F2N2O3S. The number of nitrogens with one attached hydrogen (secondary N) is 1. The first-order valence-corrected chi connectivity index (χ1v) is 9.36. The van der Waals surface area contributed by atoms with Crippen molar-refractivity contribution in [1.82, 2.24) is 0 Å². The van der Waals surface area contributed by atoms with Gasteiger partial charge in [-0.3, -0.25) is 9.10 Å². The quantitative estimate of drug-likeness (QED) is 0.820. The van der Waals surface area contributed by atoms with Crippen molar-refractivity contribution in [3.05, 3.63) is 58.1 Å². The van der Waals surface area contributed by atoms with Crippen molar-refractivity contribution in [3.8, 4) is 0 Å². The second-order valence-electron chi connectivity index (χ2n) is 5.05. The molecule has 0 aliphatic carbocycles. The van der Waals surface area contributed by atoms with Gasteiger partial charge in [0.1, 0.15) is 18.2 Å². The molecule has 1 amide bonds. The average Bonchev–Trinajstić information content (AvgIpc) is 2.50. The van der Waals surface area contributed by atoms with Crippen molar-refractivity contribution in [1.29, 1.82) is 0 Å². The molecule has 5 nitrogen and oxygen atoms in total. The van der Waals surface area contributed by atoms with Gasteiger partial charge in [0.25, 0.3) is 0 Å². The lowest BCUT2D eigenvalue weighted by molar-refractivity contribution is -0.114. The minimum absolute atomic E-state index is 0.0289. The Morgan fingerprint density at radius 1 is 1.08 bits per heavy atom. The van der Waals surface area contributed by atoms with Crippen LogP contribution >= 0.6 is 23.2 Å². The van der Waals surface area contributed by atoms with Crippen LogP contribution in [0.4, 0.5) is 20.2 Å².